The Morgan fingerprint density at radius 2 is 2.19 bits per heavy atom. The third-order valence-corrected chi connectivity index (χ3v) is 3.46. The maximum absolute atomic E-state index is 12.0. The summed E-state index contributed by atoms with van der Waals surface area (Å²) in [6.45, 7) is 0. The van der Waals surface area contributed by atoms with Crippen LogP contribution in [-0.2, 0) is 0 Å². The molecule has 0 aromatic carbocycles. The second-order valence-electron chi connectivity index (χ2n) is 4.93. The lowest BCUT2D eigenvalue weighted by atomic mass is 9.87. The molecule has 0 radical (unpaired) electrons. The molecule has 86 valence electrons. The van der Waals surface area contributed by atoms with Gasteiger partial charge in [-0.15, -0.1) is 0 Å². The van der Waals surface area contributed by atoms with Crippen LogP contribution in [0.1, 0.15) is 42.2 Å². The molecule has 1 amide bonds. The second kappa shape index (κ2) is 3.63. The maximum atomic E-state index is 12.0. The second-order valence-corrected chi connectivity index (χ2v) is 4.93. The van der Waals surface area contributed by atoms with Crippen molar-refractivity contribution in [1.82, 2.24) is 9.88 Å². The van der Waals surface area contributed by atoms with Gasteiger partial charge in [0.2, 0.25) is 0 Å². The molecule has 0 unspecified atom stereocenters. The Morgan fingerprint density at radius 3 is 2.81 bits per heavy atom. The zero-order valence-corrected chi connectivity index (χ0v) is 9.23. The SMILES string of the molecule is NC1CC(NC(=O)c2cccn2C2CC2)C1. The van der Waals surface area contributed by atoms with E-state index in [1.165, 1.54) is 12.8 Å². The predicted octanol–water partition coefficient (Wildman–Crippen LogP) is 1.04. The summed E-state index contributed by atoms with van der Waals surface area (Å²) in [5.74, 6) is 0.0498. The van der Waals surface area contributed by atoms with Gasteiger partial charge in [0, 0.05) is 24.3 Å². The number of hydrogen-bond acceptors (Lipinski definition) is 2. The average molecular weight is 219 g/mol. The van der Waals surface area contributed by atoms with Gasteiger partial charge in [0.15, 0.2) is 0 Å². The zero-order chi connectivity index (χ0) is 11.1. The fourth-order valence-electron chi connectivity index (χ4n) is 2.30. The minimum absolute atomic E-state index is 0.0498. The number of amides is 1. The van der Waals surface area contributed by atoms with Crippen LogP contribution >= 0.6 is 0 Å². The van der Waals surface area contributed by atoms with Crippen molar-refractivity contribution in [1.29, 1.82) is 0 Å². The van der Waals surface area contributed by atoms with Gasteiger partial charge in [-0.1, -0.05) is 0 Å². The van der Waals surface area contributed by atoms with Crippen molar-refractivity contribution < 1.29 is 4.79 Å². The van der Waals surface area contributed by atoms with Crippen molar-refractivity contribution in [2.45, 2.75) is 43.8 Å². The number of nitrogens with zero attached hydrogens (tertiary/aromatic N) is 1. The number of rotatable bonds is 3. The highest BCUT2D eigenvalue weighted by Gasteiger charge is 2.30. The standard InChI is InChI=1S/C12H17N3O/c13-8-6-9(7-8)14-12(16)11-2-1-5-15(11)10-3-4-10/h1-2,5,8-10H,3-4,6-7,13H2,(H,14,16). The molecule has 4 nitrogen and oxygen atoms in total. The lowest BCUT2D eigenvalue weighted by Gasteiger charge is -2.33. The summed E-state index contributed by atoms with van der Waals surface area (Å²) in [6, 6.07) is 4.95. The fourth-order valence-corrected chi connectivity index (χ4v) is 2.30. The number of nitrogens with two attached hydrogens (primary N) is 1. The first-order valence-electron chi connectivity index (χ1n) is 5.97. The molecule has 2 saturated carbocycles. The minimum atomic E-state index is 0.0498. The molecule has 4 heteroatoms. The van der Waals surface area contributed by atoms with Gasteiger partial charge in [-0.25, -0.2) is 0 Å². The summed E-state index contributed by atoms with van der Waals surface area (Å²) < 4.78 is 2.09. The molecule has 2 fully saturated rings. The molecule has 2 aliphatic carbocycles. The van der Waals surface area contributed by atoms with Gasteiger partial charge >= 0.3 is 0 Å². The van der Waals surface area contributed by atoms with Gasteiger partial charge in [-0.2, -0.15) is 0 Å². The predicted molar refractivity (Wildman–Crippen MR) is 61.2 cm³/mol. The van der Waals surface area contributed by atoms with Gasteiger partial charge in [-0.3, -0.25) is 4.79 Å². The van der Waals surface area contributed by atoms with Crippen molar-refractivity contribution in [3.63, 3.8) is 0 Å². The molecule has 0 aliphatic heterocycles. The largest absolute Gasteiger partial charge is 0.348 e. The average Bonchev–Trinajstić information content (AvgIpc) is 2.94. The Kier molecular flexibility index (Phi) is 2.24. The monoisotopic (exact) mass is 219 g/mol. The first-order chi connectivity index (χ1) is 7.74. The highest BCUT2D eigenvalue weighted by atomic mass is 16.2. The van der Waals surface area contributed by atoms with E-state index in [9.17, 15) is 4.79 Å². The Labute approximate surface area is 94.8 Å². The van der Waals surface area contributed by atoms with Crippen molar-refractivity contribution >= 4 is 5.91 Å². The molecule has 3 N–H and O–H groups in total. The normalized spacial score (nSPS) is 28.6. The van der Waals surface area contributed by atoms with E-state index in [4.69, 9.17) is 5.73 Å². The number of aromatic nitrogens is 1. The van der Waals surface area contributed by atoms with E-state index in [2.05, 4.69) is 9.88 Å². The van der Waals surface area contributed by atoms with Crippen LogP contribution in [0.4, 0.5) is 0 Å². The van der Waals surface area contributed by atoms with E-state index < -0.39 is 0 Å². The smallest absolute Gasteiger partial charge is 0.268 e. The quantitative estimate of drug-likeness (QED) is 0.798. The molecule has 1 heterocycles. The third-order valence-electron chi connectivity index (χ3n) is 3.46. The molecule has 3 rings (SSSR count). The van der Waals surface area contributed by atoms with E-state index in [1.54, 1.807) is 0 Å². The highest BCUT2D eigenvalue weighted by Crippen LogP contribution is 2.36. The van der Waals surface area contributed by atoms with Gasteiger partial charge in [0.25, 0.3) is 5.91 Å². The molecule has 1 aromatic heterocycles. The number of hydrogen-bond donors (Lipinski definition) is 2. The summed E-state index contributed by atoms with van der Waals surface area (Å²) in [6.07, 6.45) is 6.22. The van der Waals surface area contributed by atoms with E-state index in [0.29, 0.717) is 6.04 Å². The van der Waals surface area contributed by atoms with E-state index in [-0.39, 0.29) is 18.0 Å². The lowest BCUT2D eigenvalue weighted by Crippen LogP contribution is -2.50. The van der Waals surface area contributed by atoms with Gasteiger partial charge < -0.3 is 15.6 Å². The van der Waals surface area contributed by atoms with Gasteiger partial charge in [0.1, 0.15) is 5.69 Å². The van der Waals surface area contributed by atoms with Crippen LogP contribution in [0.3, 0.4) is 0 Å². The molecular weight excluding hydrogens is 202 g/mol. The van der Waals surface area contributed by atoms with Crippen LogP contribution in [0.25, 0.3) is 0 Å². The van der Waals surface area contributed by atoms with Crippen molar-refractivity contribution in [3.05, 3.63) is 24.0 Å². The Morgan fingerprint density at radius 1 is 1.44 bits per heavy atom. The summed E-state index contributed by atoms with van der Waals surface area (Å²) in [5, 5.41) is 3.03. The van der Waals surface area contributed by atoms with Crippen LogP contribution in [0.15, 0.2) is 18.3 Å². The van der Waals surface area contributed by atoms with Crippen LogP contribution in [0, 0.1) is 0 Å². The molecule has 2 aliphatic rings. The topological polar surface area (TPSA) is 60.0 Å². The number of carbonyl (C=O) groups is 1. The first-order valence-corrected chi connectivity index (χ1v) is 5.97. The summed E-state index contributed by atoms with van der Waals surface area (Å²) >= 11 is 0. The van der Waals surface area contributed by atoms with Gasteiger partial charge in [-0.05, 0) is 37.8 Å². The molecular formula is C12H17N3O. The zero-order valence-electron chi connectivity index (χ0n) is 9.23. The number of nitrogens with one attached hydrogen (secondary N) is 1. The minimum Gasteiger partial charge on any atom is -0.348 e. The Hall–Kier alpha value is -1.29. The molecule has 16 heavy (non-hydrogen) atoms. The third kappa shape index (κ3) is 1.73. The van der Waals surface area contributed by atoms with Crippen LogP contribution in [0.2, 0.25) is 0 Å². The Balaban J connectivity index is 1.66. The van der Waals surface area contributed by atoms with E-state index in [1.807, 2.05) is 18.3 Å². The summed E-state index contributed by atoms with van der Waals surface area (Å²) in [4.78, 5) is 12.0. The van der Waals surface area contributed by atoms with Crippen molar-refractivity contribution in [2.24, 2.45) is 5.73 Å². The van der Waals surface area contributed by atoms with Crippen LogP contribution in [-0.4, -0.2) is 22.6 Å². The van der Waals surface area contributed by atoms with Crippen LogP contribution in [0.5, 0.6) is 0 Å². The van der Waals surface area contributed by atoms with E-state index in [0.717, 1.165) is 18.5 Å². The lowest BCUT2D eigenvalue weighted by molar-refractivity contribution is 0.0900. The van der Waals surface area contributed by atoms with Crippen LogP contribution < -0.4 is 11.1 Å². The fraction of sp³-hybridized carbons (Fsp3) is 0.583. The summed E-state index contributed by atoms with van der Waals surface area (Å²) in [7, 11) is 0. The summed E-state index contributed by atoms with van der Waals surface area (Å²) in [5.41, 5.74) is 6.49. The highest BCUT2D eigenvalue weighted by molar-refractivity contribution is 5.93. The Bertz CT molecular complexity index is 402. The molecule has 0 atom stereocenters. The molecule has 0 saturated heterocycles. The van der Waals surface area contributed by atoms with Gasteiger partial charge in [0.05, 0.1) is 0 Å². The molecule has 0 spiro atoms. The molecule has 1 aromatic rings. The van der Waals surface area contributed by atoms with Crippen molar-refractivity contribution in [2.75, 3.05) is 0 Å². The molecule has 0 bridgehead atoms. The van der Waals surface area contributed by atoms with E-state index >= 15 is 0 Å². The number of carbonyl (C=O) groups excluding carboxylic acids is 1. The van der Waals surface area contributed by atoms with Crippen molar-refractivity contribution in [3.8, 4) is 0 Å². The maximum Gasteiger partial charge on any atom is 0.268 e. The first kappa shape index (κ1) is 9.90.